The smallest absolute Gasteiger partial charge is 0.407 e. The van der Waals surface area contributed by atoms with Crippen molar-refractivity contribution >= 4 is 12.1 Å². The lowest BCUT2D eigenvalue weighted by Crippen LogP contribution is -2.37. The molecule has 0 heterocycles. The number of benzene rings is 2. The van der Waals surface area contributed by atoms with E-state index in [9.17, 15) is 9.59 Å². The minimum absolute atomic E-state index is 0.00417. The standard InChI is InChI=1S/C22H23NO4/c24-21(25)12-15(11-14-9-10-14)23-22(26)27-13-20-18-7-3-1-5-16(18)17-6-2-4-8-19(17)20/h1-8,14-15,20H,9-13H2,(H,23,26)(H,24,25). The van der Waals surface area contributed by atoms with Gasteiger partial charge in [-0.15, -0.1) is 0 Å². The second-order valence-corrected chi connectivity index (χ2v) is 7.44. The molecule has 0 spiro atoms. The van der Waals surface area contributed by atoms with Gasteiger partial charge >= 0.3 is 12.1 Å². The van der Waals surface area contributed by atoms with Crippen LogP contribution in [0, 0.1) is 5.92 Å². The zero-order chi connectivity index (χ0) is 18.8. The summed E-state index contributed by atoms with van der Waals surface area (Å²) >= 11 is 0. The summed E-state index contributed by atoms with van der Waals surface area (Å²) in [7, 11) is 0. The number of fused-ring (bicyclic) bond motifs is 3. The zero-order valence-corrected chi connectivity index (χ0v) is 15.1. The Balaban J connectivity index is 1.42. The van der Waals surface area contributed by atoms with E-state index in [1.165, 1.54) is 11.1 Å². The Morgan fingerprint density at radius 1 is 1.04 bits per heavy atom. The lowest BCUT2D eigenvalue weighted by Gasteiger charge is -2.18. The average Bonchev–Trinajstić information content (AvgIpc) is 3.40. The first kappa shape index (κ1) is 17.6. The number of alkyl carbamates (subject to hydrolysis) is 1. The van der Waals surface area contributed by atoms with Crippen LogP contribution in [0.25, 0.3) is 11.1 Å². The van der Waals surface area contributed by atoms with Gasteiger partial charge in [-0.25, -0.2) is 4.79 Å². The summed E-state index contributed by atoms with van der Waals surface area (Å²) in [6.07, 6.45) is 2.33. The molecule has 0 bridgehead atoms. The molecule has 2 N–H and O–H groups in total. The summed E-state index contributed by atoms with van der Waals surface area (Å²) in [6.45, 7) is 0.239. The quantitative estimate of drug-likeness (QED) is 0.772. The molecule has 4 rings (SSSR count). The number of carbonyl (C=O) groups excluding carboxylic acids is 1. The fourth-order valence-electron chi connectivity index (χ4n) is 3.97. The number of nitrogens with one attached hydrogen (secondary N) is 1. The molecule has 1 fully saturated rings. The molecule has 1 unspecified atom stereocenters. The van der Waals surface area contributed by atoms with Crippen molar-refractivity contribution in [2.24, 2.45) is 5.92 Å². The van der Waals surface area contributed by atoms with E-state index in [0.29, 0.717) is 12.3 Å². The molecule has 0 aromatic heterocycles. The van der Waals surface area contributed by atoms with Gasteiger partial charge in [-0.2, -0.15) is 0 Å². The Morgan fingerprint density at radius 3 is 2.19 bits per heavy atom. The van der Waals surface area contributed by atoms with Gasteiger partial charge in [0, 0.05) is 12.0 Å². The van der Waals surface area contributed by atoms with Gasteiger partial charge in [-0.1, -0.05) is 61.4 Å². The van der Waals surface area contributed by atoms with Crippen molar-refractivity contribution < 1.29 is 19.4 Å². The lowest BCUT2D eigenvalue weighted by atomic mass is 9.98. The summed E-state index contributed by atoms with van der Waals surface area (Å²) < 4.78 is 5.51. The molecule has 0 aliphatic heterocycles. The number of carboxylic acids is 1. The van der Waals surface area contributed by atoms with Crippen LogP contribution in [-0.4, -0.2) is 29.8 Å². The molecule has 0 radical (unpaired) electrons. The monoisotopic (exact) mass is 365 g/mol. The number of hydrogen-bond donors (Lipinski definition) is 2. The first-order valence-corrected chi connectivity index (χ1v) is 9.45. The first-order valence-electron chi connectivity index (χ1n) is 9.45. The maximum atomic E-state index is 12.3. The zero-order valence-electron chi connectivity index (χ0n) is 15.1. The minimum Gasteiger partial charge on any atom is -0.481 e. The maximum Gasteiger partial charge on any atom is 0.407 e. The molecule has 2 aromatic carbocycles. The third-order valence-electron chi connectivity index (χ3n) is 5.40. The van der Waals surface area contributed by atoms with E-state index >= 15 is 0 Å². The van der Waals surface area contributed by atoms with E-state index in [0.717, 1.165) is 24.0 Å². The van der Waals surface area contributed by atoms with E-state index < -0.39 is 12.1 Å². The molecule has 2 aromatic rings. The fraction of sp³-hybridized carbons (Fsp3) is 0.364. The highest BCUT2D eigenvalue weighted by Crippen LogP contribution is 2.44. The van der Waals surface area contributed by atoms with Crippen LogP contribution in [0.2, 0.25) is 0 Å². The third-order valence-corrected chi connectivity index (χ3v) is 5.40. The van der Waals surface area contributed by atoms with Crippen LogP contribution in [0.3, 0.4) is 0 Å². The fourth-order valence-corrected chi connectivity index (χ4v) is 3.97. The summed E-state index contributed by atoms with van der Waals surface area (Å²) in [5.74, 6) is -0.368. The highest BCUT2D eigenvalue weighted by molar-refractivity contribution is 5.79. The number of carboxylic acid groups (broad SMARTS) is 1. The largest absolute Gasteiger partial charge is 0.481 e. The van der Waals surface area contributed by atoms with Crippen molar-refractivity contribution in [3.63, 3.8) is 0 Å². The van der Waals surface area contributed by atoms with E-state index in [1.807, 2.05) is 24.3 Å². The van der Waals surface area contributed by atoms with E-state index in [-0.39, 0.29) is 25.0 Å². The number of ether oxygens (including phenoxy) is 1. The van der Waals surface area contributed by atoms with Gasteiger partial charge in [0.25, 0.3) is 0 Å². The predicted molar refractivity (Wildman–Crippen MR) is 102 cm³/mol. The van der Waals surface area contributed by atoms with Gasteiger partial charge in [-0.05, 0) is 34.6 Å². The van der Waals surface area contributed by atoms with Gasteiger partial charge in [-0.3, -0.25) is 4.79 Å². The van der Waals surface area contributed by atoms with Crippen LogP contribution in [-0.2, 0) is 9.53 Å². The number of aliphatic carboxylic acids is 1. The molecule has 1 amide bonds. The average molecular weight is 365 g/mol. The molecule has 140 valence electrons. The molecule has 2 aliphatic rings. The third kappa shape index (κ3) is 3.97. The maximum absolute atomic E-state index is 12.3. The number of carbonyl (C=O) groups is 2. The Morgan fingerprint density at radius 2 is 1.63 bits per heavy atom. The molecular formula is C22H23NO4. The molecule has 5 nitrogen and oxygen atoms in total. The highest BCUT2D eigenvalue weighted by Gasteiger charge is 2.30. The second kappa shape index (κ2) is 7.43. The highest BCUT2D eigenvalue weighted by atomic mass is 16.5. The SMILES string of the molecule is O=C(O)CC(CC1CC1)NC(=O)OCC1c2ccccc2-c2ccccc21. The van der Waals surface area contributed by atoms with Crippen LogP contribution in [0.1, 0.15) is 42.7 Å². The summed E-state index contributed by atoms with van der Waals surface area (Å²) in [5.41, 5.74) is 4.68. The Labute approximate surface area is 158 Å². The lowest BCUT2D eigenvalue weighted by molar-refractivity contribution is -0.137. The number of rotatable bonds is 7. The molecule has 27 heavy (non-hydrogen) atoms. The Bertz CT molecular complexity index is 813. The topological polar surface area (TPSA) is 75.6 Å². The van der Waals surface area contributed by atoms with Crippen molar-refractivity contribution in [3.8, 4) is 11.1 Å². The van der Waals surface area contributed by atoms with E-state index in [4.69, 9.17) is 9.84 Å². The van der Waals surface area contributed by atoms with Crippen molar-refractivity contribution in [1.29, 1.82) is 0 Å². The van der Waals surface area contributed by atoms with Gasteiger partial charge in [0.05, 0.1) is 6.42 Å². The van der Waals surface area contributed by atoms with Crippen molar-refractivity contribution in [2.75, 3.05) is 6.61 Å². The van der Waals surface area contributed by atoms with Crippen molar-refractivity contribution in [1.82, 2.24) is 5.32 Å². The molecule has 2 aliphatic carbocycles. The number of amides is 1. The van der Waals surface area contributed by atoms with Gasteiger partial charge in [0.2, 0.25) is 0 Å². The molecule has 0 saturated heterocycles. The van der Waals surface area contributed by atoms with E-state index in [1.54, 1.807) is 0 Å². The van der Waals surface area contributed by atoms with Crippen LogP contribution in [0.5, 0.6) is 0 Å². The second-order valence-electron chi connectivity index (χ2n) is 7.44. The Kier molecular flexibility index (Phi) is 4.84. The summed E-state index contributed by atoms with van der Waals surface area (Å²) in [6, 6.07) is 16.0. The molecule has 1 atom stereocenters. The van der Waals surface area contributed by atoms with Gasteiger partial charge < -0.3 is 15.2 Å². The summed E-state index contributed by atoms with van der Waals surface area (Å²) in [4.78, 5) is 23.3. The van der Waals surface area contributed by atoms with Gasteiger partial charge in [0.1, 0.15) is 6.61 Å². The van der Waals surface area contributed by atoms with Crippen molar-refractivity contribution in [2.45, 2.75) is 37.6 Å². The van der Waals surface area contributed by atoms with E-state index in [2.05, 4.69) is 29.6 Å². The van der Waals surface area contributed by atoms with Crippen LogP contribution in [0.15, 0.2) is 48.5 Å². The Hall–Kier alpha value is -2.82. The predicted octanol–water partition coefficient (Wildman–Crippen LogP) is 4.17. The molecule has 5 heteroatoms. The van der Waals surface area contributed by atoms with Crippen LogP contribution >= 0.6 is 0 Å². The summed E-state index contributed by atoms with van der Waals surface area (Å²) in [5, 5.41) is 11.8. The van der Waals surface area contributed by atoms with Crippen molar-refractivity contribution in [3.05, 3.63) is 59.7 Å². The number of hydrogen-bond acceptors (Lipinski definition) is 3. The first-order chi connectivity index (χ1) is 13.1. The molecule has 1 saturated carbocycles. The van der Waals surface area contributed by atoms with Gasteiger partial charge in [0.15, 0.2) is 0 Å². The normalized spacial score (nSPS) is 16.3. The van der Waals surface area contributed by atoms with Crippen LogP contribution < -0.4 is 5.32 Å². The molecular weight excluding hydrogens is 342 g/mol. The minimum atomic E-state index is -0.903. The van der Waals surface area contributed by atoms with Crippen LogP contribution in [0.4, 0.5) is 4.79 Å².